The van der Waals surface area contributed by atoms with E-state index in [4.69, 9.17) is 23.2 Å². The minimum absolute atomic E-state index is 0.304. The van der Waals surface area contributed by atoms with Gasteiger partial charge in [0.2, 0.25) is 0 Å². The number of rotatable bonds is 4. The molecule has 3 aromatic rings. The molecule has 1 N–H and O–H groups in total. The van der Waals surface area contributed by atoms with Crippen LogP contribution in [0.25, 0.3) is 5.69 Å². The third kappa shape index (κ3) is 4.10. The first-order valence-electron chi connectivity index (χ1n) is 7.19. The van der Waals surface area contributed by atoms with Crippen molar-refractivity contribution in [3.63, 3.8) is 0 Å². The van der Waals surface area contributed by atoms with Gasteiger partial charge in [0.15, 0.2) is 0 Å². The summed E-state index contributed by atoms with van der Waals surface area (Å²) in [7, 11) is -1.06. The molecule has 0 saturated carbocycles. The number of amides is 1. The van der Waals surface area contributed by atoms with Crippen molar-refractivity contribution in [3.8, 4) is 5.69 Å². The van der Waals surface area contributed by atoms with Gasteiger partial charge in [0, 0.05) is 38.9 Å². The number of hydrogen-bond acceptors (Lipinski definition) is 3. The maximum atomic E-state index is 12.3. The zero-order chi connectivity index (χ0) is 18.0. The number of benzene rings is 2. The summed E-state index contributed by atoms with van der Waals surface area (Å²) in [5.74, 6) is -0.304. The molecule has 0 radical (unpaired) electrons. The van der Waals surface area contributed by atoms with E-state index in [-0.39, 0.29) is 5.91 Å². The Morgan fingerprint density at radius 2 is 1.88 bits per heavy atom. The maximum absolute atomic E-state index is 12.3. The molecule has 2 aromatic carbocycles. The van der Waals surface area contributed by atoms with Crippen LogP contribution in [-0.2, 0) is 10.8 Å². The topological polar surface area (TPSA) is 64.0 Å². The first-order chi connectivity index (χ1) is 11.9. The third-order valence-corrected chi connectivity index (χ3v) is 4.92. The minimum Gasteiger partial charge on any atom is -0.322 e. The van der Waals surface area contributed by atoms with Gasteiger partial charge in [-0.2, -0.15) is 5.10 Å². The van der Waals surface area contributed by atoms with E-state index in [0.717, 1.165) is 0 Å². The molecular weight excluding hydrogens is 381 g/mol. The molecule has 0 spiro atoms. The molecule has 0 aliphatic rings. The zero-order valence-corrected chi connectivity index (χ0v) is 15.4. The van der Waals surface area contributed by atoms with Crippen LogP contribution in [0.5, 0.6) is 0 Å². The lowest BCUT2D eigenvalue weighted by Crippen LogP contribution is -2.11. The van der Waals surface area contributed by atoms with Crippen LogP contribution < -0.4 is 5.32 Å². The molecule has 8 heteroatoms. The van der Waals surface area contributed by atoms with Crippen LogP contribution in [-0.4, -0.2) is 26.2 Å². The molecule has 1 aromatic heterocycles. The number of nitrogens with zero attached hydrogens (tertiary/aromatic N) is 2. The lowest BCUT2D eigenvalue weighted by atomic mass is 10.3. The van der Waals surface area contributed by atoms with Gasteiger partial charge in [-0.3, -0.25) is 9.00 Å². The second-order valence-corrected chi connectivity index (χ2v) is 7.43. The van der Waals surface area contributed by atoms with E-state index < -0.39 is 10.8 Å². The molecular formula is C17H13Cl2N3O2S. The molecule has 1 atom stereocenters. The predicted octanol–water partition coefficient (Wildman–Crippen LogP) is 4.17. The molecule has 0 fully saturated rings. The van der Waals surface area contributed by atoms with Crippen LogP contribution >= 0.6 is 23.2 Å². The quantitative estimate of drug-likeness (QED) is 0.723. The number of carbonyl (C=O) groups excluding carboxylic acids is 1. The fraction of sp³-hybridized carbons (Fsp3) is 0.0588. The molecule has 128 valence electrons. The minimum atomic E-state index is -1.06. The first-order valence-corrected chi connectivity index (χ1v) is 9.50. The van der Waals surface area contributed by atoms with Crippen LogP contribution in [0.1, 0.15) is 10.4 Å². The van der Waals surface area contributed by atoms with Gasteiger partial charge < -0.3 is 5.32 Å². The summed E-state index contributed by atoms with van der Waals surface area (Å²) in [5.41, 5.74) is 1.62. The predicted molar refractivity (Wildman–Crippen MR) is 100 cm³/mol. The smallest absolute Gasteiger partial charge is 0.258 e. The normalized spacial score (nSPS) is 12.0. The Morgan fingerprint density at radius 1 is 1.16 bits per heavy atom. The second kappa shape index (κ2) is 7.39. The van der Waals surface area contributed by atoms with Crippen molar-refractivity contribution in [3.05, 3.63) is 70.5 Å². The van der Waals surface area contributed by atoms with E-state index in [1.165, 1.54) is 10.9 Å². The van der Waals surface area contributed by atoms with E-state index >= 15 is 0 Å². The SMILES string of the molecule is C[S@](=O)c1ccc(NC(=O)c2cnn(-c3ccc(Cl)cc3Cl)c2)cc1. The van der Waals surface area contributed by atoms with Crippen LogP contribution in [0.2, 0.25) is 10.0 Å². The van der Waals surface area contributed by atoms with Crippen molar-refractivity contribution in [2.24, 2.45) is 0 Å². The summed E-state index contributed by atoms with van der Waals surface area (Å²) in [6.07, 6.45) is 4.64. The number of carbonyl (C=O) groups is 1. The van der Waals surface area contributed by atoms with Gasteiger partial charge in [0.05, 0.1) is 22.5 Å². The van der Waals surface area contributed by atoms with Crippen molar-refractivity contribution in [2.45, 2.75) is 4.90 Å². The highest BCUT2D eigenvalue weighted by Gasteiger charge is 2.12. The van der Waals surface area contributed by atoms with Crippen LogP contribution in [0, 0.1) is 0 Å². The van der Waals surface area contributed by atoms with Crippen LogP contribution in [0.4, 0.5) is 5.69 Å². The number of hydrogen-bond donors (Lipinski definition) is 1. The van der Waals surface area contributed by atoms with Gasteiger partial charge in [-0.15, -0.1) is 0 Å². The van der Waals surface area contributed by atoms with Crippen molar-refractivity contribution < 1.29 is 9.00 Å². The largest absolute Gasteiger partial charge is 0.322 e. The number of anilines is 1. The summed E-state index contributed by atoms with van der Waals surface area (Å²) in [6, 6.07) is 11.9. The highest BCUT2D eigenvalue weighted by Crippen LogP contribution is 2.24. The molecule has 5 nitrogen and oxygen atoms in total. The summed E-state index contributed by atoms with van der Waals surface area (Å²) in [4.78, 5) is 13.0. The average Bonchev–Trinajstić information content (AvgIpc) is 3.05. The van der Waals surface area contributed by atoms with Crippen molar-refractivity contribution in [1.82, 2.24) is 9.78 Å². The van der Waals surface area contributed by atoms with Crippen molar-refractivity contribution in [2.75, 3.05) is 11.6 Å². The van der Waals surface area contributed by atoms with Gasteiger partial charge in [-0.05, 0) is 42.5 Å². The van der Waals surface area contributed by atoms with E-state index in [1.807, 2.05) is 0 Å². The highest BCUT2D eigenvalue weighted by molar-refractivity contribution is 7.84. The average molecular weight is 394 g/mol. The summed E-state index contributed by atoms with van der Waals surface area (Å²) in [6.45, 7) is 0. The molecule has 0 bridgehead atoms. The summed E-state index contributed by atoms with van der Waals surface area (Å²) >= 11 is 12.0. The molecule has 1 heterocycles. The molecule has 0 unspecified atom stereocenters. The molecule has 0 saturated heterocycles. The fourth-order valence-electron chi connectivity index (χ4n) is 2.17. The summed E-state index contributed by atoms with van der Waals surface area (Å²) < 4.78 is 12.9. The standard InChI is InChI=1S/C17H13Cl2N3O2S/c1-25(24)14-5-3-13(4-6-14)21-17(23)11-9-20-22(10-11)16-7-2-12(18)8-15(16)19/h2-10H,1H3,(H,21,23)/t25-/m0/s1. The van der Waals surface area contributed by atoms with Gasteiger partial charge in [0.1, 0.15) is 0 Å². The van der Waals surface area contributed by atoms with E-state index in [1.54, 1.807) is 54.9 Å². The van der Waals surface area contributed by atoms with E-state index in [0.29, 0.717) is 31.9 Å². The fourth-order valence-corrected chi connectivity index (χ4v) is 3.19. The zero-order valence-electron chi connectivity index (χ0n) is 13.1. The van der Waals surface area contributed by atoms with Crippen molar-refractivity contribution >= 4 is 45.6 Å². The Balaban J connectivity index is 1.77. The van der Waals surface area contributed by atoms with Gasteiger partial charge >= 0.3 is 0 Å². The molecule has 3 rings (SSSR count). The van der Waals surface area contributed by atoms with Gasteiger partial charge in [-0.1, -0.05) is 23.2 Å². The maximum Gasteiger partial charge on any atom is 0.258 e. The Hall–Kier alpha value is -2.15. The van der Waals surface area contributed by atoms with Gasteiger partial charge in [0.25, 0.3) is 5.91 Å². The number of aromatic nitrogens is 2. The Bertz CT molecular complexity index is 955. The lowest BCUT2D eigenvalue weighted by molar-refractivity contribution is 0.102. The first kappa shape index (κ1) is 17.7. The Kier molecular flexibility index (Phi) is 5.22. The van der Waals surface area contributed by atoms with Gasteiger partial charge in [-0.25, -0.2) is 4.68 Å². The Labute approximate surface area is 157 Å². The molecule has 0 aliphatic carbocycles. The number of halogens is 2. The number of nitrogens with one attached hydrogen (secondary N) is 1. The molecule has 1 amide bonds. The monoisotopic (exact) mass is 393 g/mol. The van der Waals surface area contributed by atoms with Crippen LogP contribution in [0.3, 0.4) is 0 Å². The van der Waals surface area contributed by atoms with E-state index in [2.05, 4.69) is 10.4 Å². The van der Waals surface area contributed by atoms with Crippen LogP contribution in [0.15, 0.2) is 59.8 Å². The molecule has 25 heavy (non-hydrogen) atoms. The molecule has 0 aliphatic heterocycles. The van der Waals surface area contributed by atoms with Crippen molar-refractivity contribution in [1.29, 1.82) is 0 Å². The second-order valence-electron chi connectivity index (χ2n) is 5.20. The lowest BCUT2D eigenvalue weighted by Gasteiger charge is -2.05. The summed E-state index contributed by atoms with van der Waals surface area (Å²) in [5, 5.41) is 7.89. The van der Waals surface area contributed by atoms with E-state index in [9.17, 15) is 9.00 Å². The highest BCUT2D eigenvalue weighted by atomic mass is 35.5. The third-order valence-electron chi connectivity index (χ3n) is 3.45. The Morgan fingerprint density at radius 3 is 2.52 bits per heavy atom.